The highest BCUT2D eigenvalue weighted by atomic mass is 32.1. The summed E-state index contributed by atoms with van der Waals surface area (Å²) < 4.78 is 2.77. The first-order chi connectivity index (χ1) is 9.66. The molecule has 0 saturated heterocycles. The van der Waals surface area contributed by atoms with Crippen molar-refractivity contribution in [3.05, 3.63) is 41.6 Å². The molecule has 0 bridgehead atoms. The average molecular weight is 287 g/mol. The summed E-state index contributed by atoms with van der Waals surface area (Å²) in [5, 5.41) is 3.70. The monoisotopic (exact) mass is 287 g/mol. The van der Waals surface area contributed by atoms with E-state index < -0.39 is 0 Å². The minimum Gasteiger partial charge on any atom is -0.397 e. The van der Waals surface area contributed by atoms with Crippen LogP contribution in [0.4, 0.5) is 5.69 Å². The lowest BCUT2D eigenvalue weighted by molar-refractivity contribution is 0.0954. The lowest BCUT2D eigenvalue weighted by Gasteiger charge is -2.04. The lowest BCUT2D eigenvalue weighted by atomic mass is 10.2. The molecule has 0 aliphatic carbocycles. The summed E-state index contributed by atoms with van der Waals surface area (Å²) in [6.07, 6.45) is 6.91. The molecule has 0 radical (unpaired) electrons. The van der Waals surface area contributed by atoms with Crippen LogP contribution < -0.4 is 11.1 Å². The average Bonchev–Trinajstić information content (AvgIpc) is 3.01. The van der Waals surface area contributed by atoms with Crippen LogP contribution in [0.25, 0.3) is 10.1 Å². The number of amides is 1. The summed E-state index contributed by atoms with van der Waals surface area (Å²) in [7, 11) is 1.88. The largest absolute Gasteiger partial charge is 0.397 e. The van der Waals surface area contributed by atoms with Crippen molar-refractivity contribution in [2.24, 2.45) is 7.05 Å². The van der Waals surface area contributed by atoms with Crippen molar-refractivity contribution in [3.8, 4) is 0 Å². The molecule has 3 heterocycles. The third-order valence-corrected chi connectivity index (χ3v) is 4.22. The smallest absolute Gasteiger partial charge is 0.263 e. The van der Waals surface area contributed by atoms with Crippen molar-refractivity contribution in [2.75, 3.05) is 5.73 Å². The molecule has 0 spiro atoms. The van der Waals surface area contributed by atoms with Crippen LogP contribution in [0.3, 0.4) is 0 Å². The third kappa shape index (κ3) is 2.12. The fraction of sp³-hybridized carbons (Fsp3) is 0.154. The van der Waals surface area contributed by atoms with Crippen LogP contribution >= 0.6 is 11.3 Å². The summed E-state index contributed by atoms with van der Waals surface area (Å²) in [5.74, 6) is 0.603. The van der Waals surface area contributed by atoms with Crippen LogP contribution in [-0.2, 0) is 13.6 Å². The maximum absolute atomic E-state index is 12.2. The number of hydrogen-bond acceptors (Lipinski definition) is 5. The molecule has 7 heteroatoms. The Hall–Kier alpha value is -2.41. The number of hydrogen-bond donors (Lipinski definition) is 2. The van der Waals surface area contributed by atoms with Gasteiger partial charge in [0.05, 0.1) is 16.9 Å². The van der Waals surface area contributed by atoms with Gasteiger partial charge in [0.2, 0.25) is 0 Å². The number of pyridine rings is 1. The Morgan fingerprint density at radius 1 is 1.50 bits per heavy atom. The predicted molar refractivity (Wildman–Crippen MR) is 78.4 cm³/mol. The number of carbonyl (C=O) groups excluding carboxylic acids is 1. The van der Waals surface area contributed by atoms with E-state index in [2.05, 4.69) is 15.3 Å². The summed E-state index contributed by atoms with van der Waals surface area (Å²) >= 11 is 1.35. The molecule has 3 aromatic heterocycles. The van der Waals surface area contributed by atoms with Crippen molar-refractivity contribution < 1.29 is 4.79 Å². The van der Waals surface area contributed by atoms with Gasteiger partial charge in [-0.15, -0.1) is 11.3 Å². The Balaban J connectivity index is 1.82. The second-order valence-electron chi connectivity index (χ2n) is 4.35. The molecule has 0 unspecified atom stereocenters. The molecule has 6 nitrogen and oxygen atoms in total. The van der Waals surface area contributed by atoms with Gasteiger partial charge < -0.3 is 15.6 Å². The SMILES string of the molecule is Cn1ccnc1CNC(=O)c1sc2cnccc2c1N. The van der Waals surface area contributed by atoms with Gasteiger partial charge in [0.25, 0.3) is 5.91 Å². The highest BCUT2D eigenvalue weighted by Crippen LogP contribution is 2.32. The summed E-state index contributed by atoms with van der Waals surface area (Å²) in [4.78, 5) is 20.9. The van der Waals surface area contributed by atoms with Crippen LogP contribution in [0.2, 0.25) is 0 Å². The van der Waals surface area contributed by atoms with Gasteiger partial charge in [0.1, 0.15) is 10.7 Å². The van der Waals surface area contributed by atoms with E-state index >= 15 is 0 Å². The number of nitrogens with zero attached hydrogens (tertiary/aromatic N) is 3. The van der Waals surface area contributed by atoms with E-state index in [0.29, 0.717) is 17.1 Å². The van der Waals surface area contributed by atoms with Crippen molar-refractivity contribution in [2.45, 2.75) is 6.54 Å². The zero-order chi connectivity index (χ0) is 14.1. The number of nitrogens with two attached hydrogens (primary N) is 1. The number of anilines is 1. The zero-order valence-corrected chi connectivity index (χ0v) is 11.6. The molecule has 102 valence electrons. The van der Waals surface area contributed by atoms with Gasteiger partial charge in [-0.2, -0.15) is 0 Å². The molecule has 0 aliphatic heterocycles. The van der Waals surface area contributed by atoms with Crippen LogP contribution in [0.15, 0.2) is 30.9 Å². The van der Waals surface area contributed by atoms with Crippen LogP contribution in [0.1, 0.15) is 15.5 Å². The number of aromatic nitrogens is 3. The molecular weight excluding hydrogens is 274 g/mol. The van der Waals surface area contributed by atoms with Gasteiger partial charge in [-0.05, 0) is 6.07 Å². The number of fused-ring (bicyclic) bond motifs is 1. The Morgan fingerprint density at radius 3 is 3.05 bits per heavy atom. The van der Waals surface area contributed by atoms with Gasteiger partial charge in [-0.1, -0.05) is 0 Å². The van der Waals surface area contributed by atoms with Gasteiger partial charge >= 0.3 is 0 Å². The first kappa shape index (κ1) is 12.6. The minimum absolute atomic E-state index is 0.188. The van der Waals surface area contributed by atoms with E-state index in [1.807, 2.05) is 23.9 Å². The van der Waals surface area contributed by atoms with E-state index in [4.69, 9.17) is 5.73 Å². The predicted octanol–water partition coefficient (Wildman–Crippen LogP) is 1.54. The summed E-state index contributed by atoms with van der Waals surface area (Å²) in [6.45, 7) is 0.369. The second-order valence-corrected chi connectivity index (χ2v) is 5.41. The van der Waals surface area contributed by atoms with E-state index in [0.717, 1.165) is 15.9 Å². The quantitative estimate of drug-likeness (QED) is 0.765. The Kier molecular flexibility index (Phi) is 3.11. The van der Waals surface area contributed by atoms with Crippen LogP contribution in [-0.4, -0.2) is 20.4 Å². The Bertz CT molecular complexity index is 776. The molecule has 3 N–H and O–H groups in total. The highest BCUT2D eigenvalue weighted by Gasteiger charge is 2.16. The molecule has 20 heavy (non-hydrogen) atoms. The van der Waals surface area contributed by atoms with Crippen molar-refractivity contribution in [1.29, 1.82) is 0 Å². The summed E-state index contributed by atoms with van der Waals surface area (Å²) in [5.41, 5.74) is 6.52. The number of nitrogens with one attached hydrogen (secondary N) is 1. The Morgan fingerprint density at radius 2 is 2.35 bits per heavy atom. The molecule has 0 atom stereocenters. The number of aryl methyl sites for hydroxylation is 1. The first-order valence-electron chi connectivity index (χ1n) is 6.03. The van der Waals surface area contributed by atoms with Gasteiger partial charge in [-0.25, -0.2) is 4.98 Å². The number of thiophene rings is 1. The minimum atomic E-state index is -0.188. The zero-order valence-electron chi connectivity index (χ0n) is 10.8. The molecule has 1 amide bonds. The van der Waals surface area contributed by atoms with Gasteiger partial charge in [0.15, 0.2) is 0 Å². The molecule has 3 aromatic rings. The highest BCUT2D eigenvalue weighted by molar-refractivity contribution is 7.21. The third-order valence-electron chi connectivity index (χ3n) is 3.07. The molecule has 0 fully saturated rings. The first-order valence-corrected chi connectivity index (χ1v) is 6.85. The van der Waals surface area contributed by atoms with Crippen LogP contribution in [0.5, 0.6) is 0 Å². The second kappa shape index (κ2) is 4.93. The molecular formula is C13H13N5OS. The number of imidazole rings is 1. The van der Waals surface area contributed by atoms with E-state index in [1.54, 1.807) is 18.6 Å². The fourth-order valence-corrected chi connectivity index (χ4v) is 2.95. The van der Waals surface area contributed by atoms with Crippen molar-refractivity contribution >= 4 is 33.0 Å². The number of rotatable bonds is 3. The van der Waals surface area contributed by atoms with Crippen molar-refractivity contribution in [1.82, 2.24) is 19.9 Å². The van der Waals surface area contributed by atoms with Crippen molar-refractivity contribution in [3.63, 3.8) is 0 Å². The maximum Gasteiger partial charge on any atom is 0.263 e. The number of nitrogen functional groups attached to an aromatic ring is 1. The fourth-order valence-electron chi connectivity index (χ4n) is 1.95. The Labute approximate surface area is 119 Å². The van der Waals surface area contributed by atoms with Crippen LogP contribution in [0, 0.1) is 0 Å². The van der Waals surface area contributed by atoms with E-state index in [-0.39, 0.29) is 5.91 Å². The van der Waals surface area contributed by atoms with Gasteiger partial charge in [0, 0.05) is 37.2 Å². The standard InChI is InChI=1S/C13H13N5OS/c1-18-5-4-16-10(18)7-17-13(19)12-11(14)8-2-3-15-6-9(8)20-12/h2-6H,7,14H2,1H3,(H,17,19). The number of carbonyl (C=O) groups is 1. The lowest BCUT2D eigenvalue weighted by Crippen LogP contribution is -2.24. The van der Waals surface area contributed by atoms with E-state index in [1.165, 1.54) is 11.3 Å². The summed E-state index contributed by atoms with van der Waals surface area (Å²) in [6, 6.07) is 1.82. The molecule has 0 saturated carbocycles. The molecule has 3 rings (SSSR count). The van der Waals surface area contributed by atoms with E-state index in [9.17, 15) is 4.79 Å². The normalized spacial score (nSPS) is 10.8. The molecule has 0 aliphatic rings. The molecule has 0 aromatic carbocycles. The topological polar surface area (TPSA) is 85.8 Å². The van der Waals surface area contributed by atoms with Gasteiger partial charge in [-0.3, -0.25) is 9.78 Å². The maximum atomic E-state index is 12.2.